The van der Waals surface area contributed by atoms with Gasteiger partial charge in [-0.2, -0.15) is 0 Å². The zero-order chi connectivity index (χ0) is 16.1. The zero-order valence-corrected chi connectivity index (χ0v) is 13.3. The molecule has 0 aliphatic carbocycles. The molecule has 2 aromatic rings. The first-order valence-electron chi connectivity index (χ1n) is 7.42. The molecule has 0 aliphatic rings. The van der Waals surface area contributed by atoms with Crippen LogP contribution in [0.15, 0.2) is 24.3 Å². The Balaban J connectivity index is 2.19. The van der Waals surface area contributed by atoms with Gasteiger partial charge in [-0.1, -0.05) is 18.2 Å². The van der Waals surface area contributed by atoms with E-state index in [-0.39, 0.29) is 11.9 Å². The van der Waals surface area contributed by atoms with E-state index in [1.807, 2.05) is 18.2 Å². The lowest BCUT2D eigenvalue weighted by atomic mass is 10.00. The van der Waals surface area contributed by atoms with Crippen LogP contribution in [0, 0.1) is 13.8 Å². The molecule has 0 saturated carbocycles. The number of rotatable bonds is 5. The van der Waals surface area contributed by atoms with Crippen LogP contribution < -0.4 is 11.1 Å². The number of hydrogen-bond acceptors (Lipinski definition) is 4. The van der Waals surface area contributed by atoms with E-state index in [1.165, 1.54) is 18.1 Å². The second-order valence-corrected chi connectivity index (χ2v) is 5.44. The van der Waals surface area contributed by atoms with Crippen molar-refractivity contribution in [1.82, 2.24) is 15.3 Å². The molecule has 3 N–H and O–H groups in total. The van der Waals surface area contributed by atoms with Gasteiger partial charge in [0.25, 0.3) is 0 Å². The summed E-state index contributed by atoms with van der Waals surface area (Å²) in [6, 6.07) is 8.13. The summed E-state index contributed by atoms with van der Waals surface area (Å²) in [6.07, 6.45) is 1.58. The number of carbonyl (C=O) groups is 1. The van der Waals surface area contributed by atoms with Crippen molar-refractivity contribution in [2.45, 2.75) is 33.6 Å². The van der Waals surface area contributed by atoms with Gasteiger partial charge in [0.1, 0.15) is 0 Å². The molecule has 0 bridgehead atoms. The summed E-state index contributed by atoms with van der Waals surface area (Å²) in [5.74, 6) is 0.270. The molecule has 5 heteroatoms. The van der Waals surface area contributed by atoms with E-state index in [4.69, 9.17) is 5.73 Å². The maximum atomic E-state index is 10.9. The van der Waals surface area contributed by atoms with Gasteiger partial charge in [-0.25, -0.2) is 9.97 Å². The first-order chi connectivity index (χ1) is 10.5. The van der Waals surface area contributed by atoms with Crippen LogP contribution in [0.25, 0.3) is 11.3 Å². The Morgan fingerprint density at radius 2 is 2.05 bits per heavy atom. The summed E-state index contributed by atoms with van der Waals surface area (Å²) in [6.45, 7) is 6.32. The number of nitrogens with two attached hydrogens (primary N) is 1. The minimum Gasteiger partial charge on any atom is -0.368 e. The molecule has 0 saturated heterocycles. The van der Waals surface area contributed by atoms with Crippen molar-refractivity contribution in [1.29, 1.82) is 0 Å². The van der Waals surface area contributed by atoms with Gasteiger partial charge in [0.15, 0.2) is 0 Å². The van der Waals surface area contributed by atoms with Crippen molar-refractivity contribution in [2.75, 3.05) is 12.3 Å². The number of carbonyl (C=O) groups excluding carboxylic acids is 1. The number of nitrogen functional groups attached to an aromatic ring is 1. The average molecular weight is 298 g/mol. The first kappa shape index (κ1) is 15.9. The fourth-order valence-electron chi connectivity index (χ4n) is 2.35. The summed E-state index contributed by atoms with van der Waals surface area (Å²) in [5, 5.41) is 2.78. The Morgan fingerprint density at radius 1 is 1.27 bits per heavy atom. The molecule has 0 atom stereocenters. The van der Waals surface area contributed by atoms with Crippen LogP contribution in [0.2, 0.25) is 0 Å². The van der Waals surface area contributed by atoms with Crippen molar-refractivity contribution in [3.63, 3.8) is 0 Å². The topological polar surface area (TPSA) is 80.9 Å². The minimum absolute atomic E-state index is 0.0155. The van der Waals surface area contributed by atoms with Gasteiger partial charge >= 0.3 is 0 Å². The molecule has 0 spiro atoms. The second-order valence-electron chi connectivity index (χ2n) is 5.44. The molecule has 116 valence electrons. The van der Waals surface area contributed by atoms with Gasteiger partial charge in [0, 0.05) is 24.7 Å². The van der Waals surface area contributed by atoms with Crippen LogP contribution in [0.4, 0.5) is 5.95 Å². The lowest BCUT2D eigenvalue weighted by molar-refractivity contribution is -0.118. The predicted octanol–water partition coefficient (Wildman–Crippen LogP) is 2.41. The van der Waals surface area contributed by atoms with Gasteiger partial charge in [-0.15, -0.1) is 0 Å². The molecule has 0 radical (unpaired) electrons. The fraction of sp³-hybridized carbons (Fsp3) is 0.353. The van der Waals surface area contributed by atoms with Crippen molar-refractivity contribution >= 4 is 11.9 Å². The van der Waals surface area contributed by atoms with Gasteiger partial charge in [0.05, 0.1) is 5.69 Å². The van der Waals surface area contributed by atoms with Gasteiger partial charge in [-0.05, 0) is 43.9 Å². The van der Waals surface area contributed by atoms with Gasteiger partial charge < -0.3 is 11.1 Å². The largest absolute Gasteiger partial charge is 0.368 e. The van der Waals surface area contributed by atoms with Crippen LogP contribution >= 0.6 is 0 Å². The summed E-state index contributed by atoms with van der Waals surface area (Å²) < 4.78 is 0. The Morgan fingerprint density at radius 3 is 2.77 bits per heavy atom. The SMILES string of the molecule is CC(=O)NCCCc1cc(-c2cccc(C)c2C)nc(N)n1. The third kappa shape index (κ3) is 4.04. The van der Waals surface area contributed by atoms with E-state index in [9.17, 15) is 4.79 Å². The summed E-state index contributed by atoms with van der Waals surface area (Å²) in [7, 11) is 0. The molecule has 0 aliphatic heterocycles. The van der Waals surface area contributed by atoms with Crippen molar-refractivity contribution in [3.05, 3.63) is 41.1 Å². The molecule has 1 amide bonds. The number of benzene rings is 1. The monoisotopic (exact) mass is 298 g/mol. The van der Waals surface area contributed by atoms with Gasteiger partial charge in [0.2, 0.25) is 11.9 Å². The Labute approximate surface area is 131 Å². The highest BCUT2D eigenvalue weighted by Gasteiger charge is 2.08. The number of amides is 1. The zero-order valence-electron chi connectivity index (χ0n) is 13.3. The fourth-order valence-corrected chi connectivity index (χ4v) is 2.35. The summed E-state index contributed by atoms with van der Waals surface area (Å²) >= 11 is 0. The van der Waals surface area contributed by atoms with Crippen LogP contribution in [0.5, 0.6) is 0 Å². The molecule has 5 nitrogen and oxygen atoms in total. The van der Waals surface area contributed by atoms with Crippen molar-refractivity contribution < 1.29 is 4.79 Å². The van der Waals surface area contributed by atoms with E-state index in [0.29, 0.717) is 6.54 Å². The number of anilines is 1. The molecular formula is C17H22N4O. The van der Waals surface area contributed by atoms with Crippen molar-refractivity contribution in [2.24, 2.45) is 0 Å². The van der Waals surface area contributed by atoms with E-state index in [1.54, 1.807) is 0 Å². The molecule has 1 heterocycles. The normalized spacial score (nSPS) is 10.5. The second kappa shape index (κ2) is 7.02. The number of aromatic nitrogens is 2. The van der Waals surface area contributed by atoms with E-state index in [0.717, 1.165) is 29.8 Å². The number of hydrogen-bond donors (Lipinski definition) is 2. The lowest BCUT2D eigenvalue weighted by Gasteiger charge is -2.10. The quantitative estimate of drug-likeness (QED) is 0.831. The van der Waals surface area contributed by atoms with E-state index in [2.05, 4.69) is 35.2 Å². The van der Waals surface area contributed by atoms with Crippen LogP contribution in [-0.4, -0.2) is 22.4 Å². The highest BCUT2D eigenvalue weighted by molar-refractivity contribution is 5.72. The van der Waals surface area contributed by atoms with E-state index >= 15 is 0 Å². The van der Waals surface area contributed by atoms with Crippen LogP contribution in [0.3, 0.4) is 0 Å². The van der Waals surface area contributed by atoms with E-state index < -0.39 is 0 Å². The average Bonchev–Trinajstić information content (AvgIpc) is 2.46. The molecule has 0 unspecified atom stereocenters. The summed E-state index contributed by atoms with van der Waals surface area (Å²) in [5.41, 5.74) is 11.1. The summed E-state index contributed by atoms with van der Waals surface area (Å²) in [4.78, 5) is 19.5. The predicted molar refractivity (Wildman–Crippen MR) is 88.4 cm³/mol. The maximum absolute atomic E-state index is 10.9. The Bertz CT molecular complexity index is 682. The third-order valence-electron chi connectivity index (χ3n) is 3.66. The maximum Gasteiger partial charge on any atom is 0.220 e. The lowest BCUT2D eigenvalue weighted by Crippen LogP contribution is -2.21. The smallest absolute Gasteiger partial charge is 0.220 e. The highest BCUT2D eigenvalue weighted by atomic mass is 16.1. The first-order valence-corrected chi connectivity index (χ1v) is 7.42. The standard InChI is InChI=1S/C17H22N4O/c1-11-6-4-8-15(12(11)2)16-10-14(20-17(18)21-16)7-5-9-19-13(3)22/h4,6,8,10H,5,7,9H2,1-3H3,(H,19,22)(H2,18,20,21). The van der Waals surface area contributed by atoms with Crippen molar-refractivity contribution in [3.8, 4) is 11.3 Å². The molecule has 1 aromatic heterocycles. The van der Waals surface area contributed by atoms with Gasteiger partial charge in [-0.3, -0.25) is 4.79 Å². The van der Waals surface area contributed by atoms with Crippen LogP contribution in [0.1, 0.15) is 30.2 Å². The number of aryl methyl sites for hydroxylation is 2. The number of nitrogens with one attached hydrogen (secondary N) is 1. The molecule has 0 fully saturated rings. The van der Waals surface area contributed by atoms with Crippen LogP contribution in [-0.2, 0) is 11.2 Å². The molecular weight excluding hydrogens is 276 g/mol. The number of nitrogens with zero attached hydrogens (tertiary/aromatic N) is 2. The minimum atomic E-state index is -0.0155. The molecule has 2 rings (SSSR count). The molecule has 1 aromatic carbocycles. The highest BCUT2D eigenvalue weighted by Crippen LogP contribution is 2.25. The Kier molecular flexibility index (Phi) is 5.09. The Hall–Kier alpha value is -2.43. The third-order valence-corrected chi connectivity index (χ3v) is 3.66. The molecule has 22 heavy (non-hydrogen) atoms.